The average Bonchev–Trinajstić information content (AvgIpc) is 2.03. The maximum atomic E-state index is 6.11. The first-order chi connectivity index (χ1) is 6.34. The topological polar surface area (TPSA) is 26.0 Å². The normalized spacial score (nSPS) is 21.5. The SMILES string of the molecule is CCCC(N)C1=CCCCCCC1. The molecule has 13 heavy (non-hydrogen) atoms. The average molecular weight is 181 g/mol. The van der Waals surface area contributed by atoms with Crippen molar-refractivity contribution in [3.05, 3.63) is 11.6 Å². The monoisotopic (exact) mass is 181 g/mol. The Balaban J connectivity index is 2.43. The van der Waals surface area contributed by atoms with Crippen molar-refractivity contribution >= 4 is 0 Å². The molecular weight excluding hydrogens is 158 g/mol. The summed E-state index contributed by atoms with van der Waals surface area (Å²) in [7, 11) is 0. The van der Waals surface area contributed by atoms with Gasteiger partial charge in [0.25, 0.3) is 0 Å². The molecule has 1 nitrogen and oxygen atoms in total. The highest BCUT2D eigenvalue weighted by Crippen LogP contribution is 2.20. The molecule has 2 N–H and O–H groups in total. The van der Waals surface area contributed by atoms with E-state index < -0.39 is 0 Å². The Labute approximate surface area is 82.4 Å². The molecule has 0 aromatic carbocycles. The molecule has 1 heteroatoms. The molecule has 0 amide bonds. The summed E-state index contributed by atoms with van der Waals surface area (Å²) >= 11 is 0. The van der Waals surface area contributed by atoms with Gasteiger partial charge in [-0.15, -0.1) is 0 Å². The second-order valence-electron chi connectivity index (χ2n) is 4.13. The Kier molecular flexibility index (Phi) is 5.14. The van der Waals surface area contributed by atoms with E-state index in [9.17, 15) is 0 Å². The van der Waals surface area contributed by atoms with Gasteiger partial charge in [-0.1, -0.05) is 37.8 Å². The molecule has 0 bridgehead atoms. The summed E-state index contributed by atoms with van der Waals surface area (Å²) < 4.78 is 0. The third-order valence-corrected chi connectivity index (χ3v) is 2.90. The van der Waals surface area contributed by atoms with Gasteiger partial charge in [-0.3, -0.25) is 0 Å². The van der Waals surface area contributed by atoms with E-state index in [1.54, 1.807) is 0 Å². The number of hydrogen-bond acceptors (Lipinski definition) is 1. The molecule has 0 aromatic rings. The predicted molar refractivity (Wildman–Crippen MR) is 58.7 cm³/mol. The molecule has 0 spiro atoms. The van der Waals surface area contributed by atoms with Crippen molar-refractivity contribution in [1.82, 2.24) is 0 Å². The summed E-state index contributed by atoms with van der Waals surface area (Å²) in [6.45, 7) is 2.21. The van der Waals surface area contributed by atoms with E-state index in [-0.39, 0.29) is 0 Å². The van der Waals surface area contributed by atoms with Gasteiger partial charge in [0.1, 0.15) is 0 Å². The fourth-order valence-electron chi connectivity index (χ4n) is 2.05. The molecule has 1 aliphatic carbocycles. The van der Waals surface area contributed by atoms with Crippen LogP contribution in [-0.4, -0.2) is 6.04 Å². The summed E-state index contributed by atoms with van der Waals surface area (Å²) in [5, 5.41) is 0. The van der Waals surface area contributed by atoms with E-state index >= 15 is 0 Å². The van der Waals surface area contributed by atoms with Gasteiger partial charge in [0.15, 0.2) is 0 Å². The van der Waals surface area contributed by atoms with Gasteiger partial charge >= 0.3 is 0 Å². The van der Waals surface area contributed by atoms with Crippen molar-refractivity contribution in [1.29, 1.82) is 0 Å². The molecule has 0 aromatic heterocycles. The van der Waals surface area contributed by atoms with Crippen LogP contribution < -0.4 is 5.73 Å². The van der Waals surface area contributed by atoms with Gasteiger partial charge in [0.05, 0.1) is 0 Å². The van der Waals surface area contributed by atoms with Crippen LogP contribution in [0.3, 0.4) is 0 Å². The lowest BCUT2D eigenvalue weighted by Crippen LogP contribution is -2.22. The molecule has 0 saturated carbocycles. The zero-order valence-corrected chi connectivity index (χ0v) is 8.89. The Bertz CT molecular complexity index is 161. The van der Waals surface area contributed by atoms with E-state index in [0.29, 0.717) is 6.04 Å². The van der Waals surface area contributed by atoms with Crippen molar-refractivity contribution in [3.8, 4) is 0 Å². The highest BCUT2D eigenvalue weighted by molar-refractivity contribution is 5.10. The van der Waals surface area contributed by atoms with Crippen LogP contribution in [0.15, 0.2) is 11.6 Å². The van der Waals surface area contributed by atoms with Crippen LogP contribution in [-0.2, 0) is 0 Å². The van der Waals surface area contributed by atoms with Gasteiger partial charge < -0.3 is 5.73 Å². The van der Waals surface area contributed by atoms with Gasteiger partial charge in [-0.25, -0.2) is 0 Å². The second kappa shape index (κ2) is 6.20. The van der Waals surface area contributed by atoms with Crippen LogP contribution in [0.25, 0.3) is 0 Å². The first-order valence-corrected chi connectivity index (χ1v) is 5.79. The molecule has 0 heterocycles. The number of rotatable bonds is 3. The van der Waals surface area contributed by atoms with Crippen molar-refractivity contribution in [2.24, 2.45) is 5.73 Å². The zero-order valence-electron chi connectivity index (χ0n) is 8.89. The minimum atomic E-state index is 0.350. The van der Waals surface area contributed by atoms with Gasteiger partial charge in [0, 0.05) is 6.04 Å². The minimum absolute atomic E-state index is 0.350. The van der Waals surface area contributed by atoms with Crippen molar-refractivity contribution in [3.63, 3.8) is 0 Å². The lowest BCUT2D eigenvalue weighted by molar-refractivity contribution is 0.578. The van der Waals surface area contributed by atoms with Crippen LogP contribution in [0.2, 0.25) is 0 Å². The Morgan fingerprint density at radius 3 is 2.85 bits per heavy atom. The molecule has 1 atom stereocenters. The van der Waals surface area contributed by atoms with Crippen LogP contribution in [0.4, 0.5) is 0 Å². The maximum Gasteiger partial charge on any atom is 0.0253 e. The molecule has 0 saturated heterocycles. The number of hydrogen-bond donors (Lipinski definition) is 1. The van der Waals surface area contributed by atoms with E-state index in [0.717, 1.165) is 6.42 Å². The quantitative estimate of drug-likeness (QED) is 0.663. The highest BCUT2D eigenvalue weighted by Gasteiger charge is 2.09. The Morgan fingerprint density at radius 1 is 1.31 bits per heavy atom. The molecular formula is C12H23N. The highest BCUT2D eigenvalue weighted by atomic mass is 14.6. The Hall–Kier alpha value is -0.300. The van der Waals surface area contributed by atoms with Crippen LogP contribution >= 0.6 is 0 Å². The minimum Gasteiger partial charge on any atom is -0.324 e. The molecule has 0 aliphatic heterocycles. The summed E-state index contributed by atoms with van der Waals surface area (Å²) in [6.07, 6.45) is 12.8. The lowest BCUT2D eigenvalue weighted by Gasteiger charge is -2.17. The standard InChI is InChI=1S/C12H23N/c1-2-8-12(13)11-9-6-4-3-5-7-10-11/h9,12H,2-8,10,13H2,1H3. The first-order valence-electron chi connectivity index (χ1n) is 5.79. The van der Waals surface area contributed by atoms with Crippen molar-refractivity contribution in [2.45, 2.75) is 64.3 Å². The number of allylic oxidation sites excluding steroid dienone is 1. The molecule has 76 valence electrons. The molecule has 0 radical (unpaired) electrons. The van der Waals surface area contributed by atoms with Crippen molar-refractivity contribution < 1.29 is 0 Å². The fourth-order valence-corrected chi connectivity index (χ4v) is 2.05. The first kappa shape index (κ1) is 10.8. The summed E-state index contributed by atoms with van der Waals surface area (Å²) in [6, 6.07) is 0.350. The number of nitrogens with two attached hydrogens (primary N) is 1. The van der Waals surface area contributed by atoms with Crippen molar-refractivity contribution in [2.75, 3.05) is 0 Å². The molecule has 1 unspecified atom stereocenters. The predicted octanol–water partition coefficient (Wildman–Crippen LogP) is 3.39. The van der Waals surface area contributed by atoms with Gasteiger partial charge in [0.2, 0.25) is 0 Å². The summed E-state index contributed by atoms with van der Waals surface area (Å²) in [5.41, 5.74) is 7.64. The Morgan fingerprint density at radius 2 is 2.08 bits per heavy atom. The molecule has 0 fully saturated rings. The second-order valence-corrected chi connectivity index (χ2v) is 4.13. The van der Waals surface area contributed by atoms with E-state index in [4.69, 9.17) is 5.73 Å². The third kappa shape index (κ3) is 3.95. The lowest BCUT2D eigenvalue weighted by atomic mass is 9.93. The molecule has 1 aliphatic rings. The summed E-state index contributed by atoms with van der Waals surface area (Å²) in [5.74, 6) is 0. The van der Waals surface area contributed by atoms with Gasteiger partial charge in [-0.2, -0.15) is 0 Å². The largest absolute Gasteiger partial charge is 0.324 e. The van der Waals surface area contributed by atoms with Crippen LogP contribution in [0.5, 0.6) is 0 Å². The zero-order chi connectivity index (χ0) is 9.52. The smallest absolute Gasteiger partial charge is 0.0253 e. The maximum absolute atomic E-state index is 6.11. The van der Waals surface area contributed by atoms with E-state index in [1.165, 1.54) is 50.5 Å². The van der Waals surface area contributed by atoms with Crippen LogP contribution in [0, 0.1) is 0 Å². The van der Waals surface area contributed by atoms with E-state index in [1.807, 2.05) is 0 Å². The fraction of sp³-hybridized carbons (Fsp3) is 0.833. The van der Waals surface area contributed by atoms with Crippen LogP contribution in [0.1, 0.15) is 58.3 Å². The third-order valence-electron chi connectivity index (χ3n) is 2.90. The van der Waals surface area contributed by atoms with Gasteiger partial charge in [-0.05, 0) is 32.1 Å². The van der Waals surface area contributed by atoms with E-state index in [2.05, 4.69) is 13.0 Å². The molecule has 1 rings (SSSR count). The summed E-state index contributed by atoms with van der Waals surface area (Å²) in [4.78, 5) is 0.